The van der Waals surface area contributed by atoms with E-state index in [1.807, 2.05) is 0 Å². The summed E-state index contributed by atoms with van der Waals surface area (Å²) in [5, 5.41) is 1.46. The summed E-state index contributed by atoms with van der Waals surface area (Å²) in [7, 11) is 2.25. The summed E-state index contributed by atoms with van der Waals surface area (Å²) in [6.45, 7) is 20.5. The molecule has 1 aromatic carbocycles. The smallest absolute Gasteiger partial charge is 0.194 e. The molecular formula is C23H34N+. The molecule has 1 nitrogen and oxygen atoms in total. The van der Waals surface area contributed by atoms with Gasteiger partial charge in [0.2, 0.25) is 11.2 Å². The summed E-state index contributed by atoms with van der Waals surface area (Å²) >= 11 is 0. The van der Waals surface area contributed by atoms with Crippen molar-refractivity contribution >= 4 is 16.5 Å². The normalized spacial score (nSPS) is 11.2. The van der Waals surface area contributed by atoms with Gasteiger partial charge in [0.1, 0.15) is 7.05 Å². The van der Waals surface area contributed by atoms with Crippen molar-refractivity contribution in [2.24, 2.45) is 7.05 Å². The van der Waals surface area contributed by atoms with Crippen LogP contribution in [-0.4, -0.2) is 0 Å². The van der Waals surface area contributed by atoms with Crippen molar-refractivity contribution in [2.45, 2.75) is 75.2 Å². The molecule has 1 heteroatoms. The molecule has 0 atom stereocenters. The molecule has 2 rings (SSSR count). The van der Waals surface area contributed by atoms with Crippen molar-refractivity contribution in [2.75, 3.05) is 0 Å². The van der Waals surface area contributed by atoms with Crippen molar-refractivity contribution < 1.29 is 4.57 Å². The van der Waals surface area contributed by atoms with E-state index in [1.165, 1.54) is 61.1 Å². The second-order valence-corrected chi connectivity index (χ2v) is 7.42. The fraction of sp³-hybridized carbons (Fsp3) is 0.522. The van der Waals surface area contributed by atoms with Crippen LogP contribution in [-0.2, 0) is 19.9 Å². The van der Waals surface area contributed by atoms with E-state index >= 15 is 0 Å². The van der Waals surface area contributed by atoms with Gasteiger partial charge in [-0.1, -0.05) is 19.4 Å². The van der Waals surface area contributed by atoms with Crippen LogP contribution in [0.1, 0.15) is 73.7 Å². The zero-order valence-electron chi connectivity index (χ0n) is 17.4. The van der Waals surface area contributed by atoms with Crippen LogP contribution in [0.25, 0.3) is 16.5 Å². The largest absolute Gasteiger partial charge is 0.216 e. The van der Waals surface area contributed by atoms with Crippen LogP contribution in [0.3, 0.4) is 0 Å². The van der Waals surface area contributed by atoms with Crippen LogP contribution in [0.5, 0.6) is 0 Å². The first-order valence-corrected chi connectivity index (χ1v) is 9.27. The van der Waals surface area contributed by atoms with Crippen LogP contribution < -0.4 is 4.57 Å². The van der Waals surface area contributed by atoms with Gasteiger partial charge in [-0.3, -0.25) is 0 Å². The zero-order valence-corrected chi connectivity index (χ0v) is 17.4. The highest BCUT2D eigenvalue weighted by molar-refractivity contribution is 5.90. The summed E-state index contributed by atoms with van der Waals surface area (Å²) < 4.78 is 2.46. The minimum absolute atomic E-state index is 1.07. The summed E-state index contributed by atoms with van der Waals surface area (Å²) in [4.78, 5) is 0. The Morgan fingerprint density at radius 1 is 0.750 bits per heavy atom. The Bertz CT molecular complexity index is 847. The molecule has 0 aliphatic rings. The van der Waals surface area contributed by atoms with E-state index in [-0.39, 0.29) is 0 Å². The average Bonchev–Trinajstić information content (AvgIpc) is 2.53. The fourth-order valence-electron chi connectivity index (χ4n) is 4.40. The molecule has 2 aromatic rings. The molecule has 0 aliphatic carbocycles. The number of fused-ring (bicyclic) bond motifs is 1. The number of nitrogens with zero attached hydrogens (tertiary/aromatic N) is 1. The Kier molecular flexibility index (Phi) is 5.22. The third-order valence-electron chi connectivity index (χ3n) is 6.03. The van der Waals surface area contributed by atoms with E-state index in [0.29, 0.717) is 0 Å². The molecule has 24 heavy (non-hydrogen) atoms. The highest BCUT2D eigenvalue weighted by Gasteiger charge is 2.27. The molecule has 0 saturated carbocycles. The molecule has 0 amide bonds. The van der Waals surface area contributed by atoms with Gasteiger partial charge in [-0.05, 0) is 83.6 Å². The number of pyridine rings is 1. The van der Waals surface area contributed by atoms with Crippen LogP contribution in [0.2, 0.25) is 0 Å². The first-order chi connectivity index (χ1) is 11.2. The minimum atomic E-state index is 1.07. The predicted molar refractivity (Wildman–Crippen MR) is 107 cm³/mol. The van der Waals surface area contributed by atoms with Gasteiger partial charge < -0.3 is 0 Å². The van der Waals surface area contributed by atoms with E-state index in [4.69, 9.17) is 0 Å². The Hall–Kier alpha value is -1.63. The first kappa shape index (κ1) is 18.7. The van der Waals surface area contributed by atoms with Crippen molar-refractivity contribution in [1.82, 2.24) is 0 Å². The molecule has 0 saturated heterocycles. The molecule has 0 fully saturated rings. The third kappa shape index (κ3) is 2.59. The summed E-state index contributed by atoms with van der Waals surface area (Å²) in [6, 6.07) is 0. The molecule has 0 unspecified atom stereocenters. The van der Waals surface area contributed by atoms with E-state index in [2.05, 4.69) is 73.9 Å². The second-order valence-electron chi connectivity index (χ2n) is 7.42. The van der Waals surface area contributed by atoms with Gasteiger partial charge in [0, 0.05) is 16.7 Å². The van der Waals surface area contributed by atoms with Gasteiger partial charge in [-0.25, -0.2) is 0 Å². The lowest BCUT2D eigenvalue weighted by molar-refractivity contribution is -0.648. The van der Waals surface area contributed by atoms with E-state index in [0.717, 1.165) is 12.8 Å². The van der Waals surface area contributed by atoms with E-state index < -0.39 is 0 Å². The molecular weight excluding hydrogens is 290 g/mol. The Balaban J connectivity index is 3.21. The standard InChI is InChI=1S/C23H34N/c1-11-19-15(6)16(7)21-17(8)20(12-2)22(14(5)13(3)4)24(10)23(21)18(19)9/h11-12H2,1-10H3/q+1. The molecule has 0 aliphatic heterocycles. The second kappa shape index (κ2) is 6.70. The number of hydrogen-bond donors (Lipinski definition) is 0. The van der Waals surface area contributed by atoms with Gasteiger partial charge in [-0.2, -0.15) is 4.57 Å². The topological polar surface area (TPSA) is 3.88 Å². The maximum Gasteiger partial charge on any atom is 0.216 e. The minimum Gasteiger partial charge on any atom is -0.194 e. The van der Waals surface area contributed by atoms with Crippen LogP contribution in [0.4, 0.5) is 0 Å². The van der Waals surface area contributed by atoms with Crippen LogP contribution in [0.15, 0.2) is 5.57 Å². The third-order valence-corrected chi connectivity index (χ3v) is 6.03. The predicted octanol–water partition coefficient (Wildman–Crippen LogP) is 5.84. The number of aryl methyl sites for hydroxylation is 4. The van der Waals surface area contributed by atoms with Gasteiger partial charge in [0.15, 0.2) is 0 Å². The lowest BCUT2D eigenvalue weighted by atomic mass is 9.86. The Labute approximate surface area is 148 Å². The van der Waals surface area contributed by atoms with Gasteiger partial charge >= 0.3 is 0 Å². The maximum atomic E-state index is 2.46. The Morgan fingerprint density at radius 2 is 1.29 bits per heavy atom. The lowest BCUT2D eigenvalue weighted by Crippen LogP contribution is -2.37. The average molecular weight is 325 g/mol. The van der Waals surface area contributed by atoms with Crippen molar-refractivity contribution in [3.63, 3.8) is 0 Å². The number of benzene rings is 1. The van der Waals surface area contributed by atoms with Crippen LogP contribution >= 0.6 is 0 Å². The molecule has 0 radical (unpaired) electrons. The monoisotopic (exact) mass is 324 g/mol. The number of rotatable bonds is 3. The van der Waals surface area contributed by atoms with E-state index in [1.54, 1.807) is 0 Å². The molecule has 130 valence electrons. The zero-order chi connectivity index (χ0) is 18.3. The summed E-state index contributed by atoms with van der Waals surface area (Å²) in [5.74, 6) is 0. The van der Waals surface area contributed by atoms with Crippen LogP contribution in [0, 0.1) is 27.7 Å². The van der Waals surface area contributed by atoms with Crippen molar-refractivity contribution in [3.05, 3.63) is 44.6 Å². The van der Waals surface area contributed by atoms with Gasteiger partial charge in [-0.15, -0.1) is 0 Å². The van der Waals surface area contributed by atoms with Gasteiger partial charge in [0.25, 0.3) is 0 Å². The number of allylic oxidation sites excluding steroid dienone is 2. The number of aromatic nitrogens is 1. The van der Waals surface area contributed by atoms with Crippen molar-refractivity contribution in [1.29, 1.82) is 0 Å². The molecule has 1 heterocycles. The summed E-state index contributed by atoms with van der Waals surface area (Å²) in [6.07, 6.45) is 2.17. The fourth-order valence-corrected chi connectivity index (χ4v) is 4.40. The Morgan fingerprint density at radius 3 is 1.75 bits per heavy atom. The molecule has 1 aromatic heterocycles. The quantitative estimate of drug-likeness (QED) is 0.625. The molecule has 0 bridgehead atoms. The van der Waals surface area contributed by atoms with Crippen molar-refractivity contribution in [3.8, 4) is 0 Å². The lowest BCUT2D eigenvalue weighted by Gasteiger charge is -2.20. The first-order valence-electron chi connectivity index (χ1n) is 9.27. The van der Waals surface area contributed by atoms with E-state index in [9.17, 15) is 0 Å². The summed E-state index contributed by atoms with van der Waals surface area (Å²) in [5.41, 5.74) is 14.5. The molecule has 0 spiro atoms. The molecule has 0 N–H and O–H groups in total. The maximum absolute atomic E-state index is 2.46. The SMILES string of the molecule is CCc1c(C)c(C)c2c(C)c(CC)c(C(C)=C(C)C)[n+](C)c2c1C. The van der Waals surface area contributed by atoms with Gasteiger partial charge in [0.05, 0.1) is 5.39 Å². The highest BCUT2D eigenvalue weighted by atomic mass is 14.9. The highest BCUT2D eigenvalue weighted by Crippen LogP contribution is 2.34. The number of hydrogen-bond acceptors (Lipinski definition) is 0.